The van der Waals surface area contributed by atoms with Crippen LogP contribution in [0.1, 0.15) is 10.5 Å². The molecule has 0 unspecified atom stereocenters. The summed E-state index contributed by atoms with van der Waals surface area (Å²) >= 11 is 0. The van der Waals surface area contributed by atoms with Gasteiger partial charge in [0, 0.05) is 23.5 Å². The molecule has 0 aliphatic rings. The minimum absolute atomic E-state index is 0.323. The molecule has 0 spiro atoms. The number of carbonyl (C=O) groups is 1. The molecule has 0 bridgehead atoms. The van der Waals surface area contributed by atoms with Gasteiger partial charge in [0.25, 0.3) is 5.91 Å². The Labute approximate surface area is 155 Å². The van der Waals surface area contributed by atoms with Crippen molar-refractivity contribution in [1.82, 2.24) is 20.2 Å². The molecule has 27 heavy (non-hydrogen) atoms. The molecular weight excluding hydrogens is 340 g/mol. The first-order valence-corrected chi connectivity index (χ1v) is 8.35. The van der Waals surface area contributed by atoms with Crippen LogP contribution in [0.25, 0.3) is 11.4 Å². The first kappa shape index (κ1) is 16.5. The second-order valence-electron chi connectivity index (χ2n) is 5.74. The molecule has 4 aromatic rings. The third-order valence-electron chi connectivity index (χ3n) is 3.79. The van der Waals surface area contributed by atoms with Crippen molar-refractivity contribution in [3.8, 4) is 11.4 Å². The fourth-order valence-electron chi connectivity index (χ4n) is 2.53. The number of para-hydroxylation sites is 1. The topological polar surface area (TPSA) is 95.6 Å². The van der Waals surface area contributed by atoms with Gasteiger partial charge in [-0.1, -0.05) is 48.5 Å². The number of nitrogens with zero attached hydrogens (tertiary/aromatic N) is 3. The SMILES string of the molecule is O=C(Nc1cc(Nc2ccccc2)nc(-c2ccccc2)n1)c1ccn[nH]1. The second kappa shape index (κ2) is 7.49. The van der Waals surface area contributed by atoms with Gasteiger partial charge in [-0.25, -0.2) is 9.97 Å². The van der Waals surface area contributed by atoms with Gasteiger partial charge >= 0.3 is 0 Å². The zero-order chi connectivity index (χ0) is 18.5. The van der Waals surface area contributed by atoms with E-state index in [-0.39, 0.29) is 5.91 Å². The predicted molar refractivity (Wildman–Crippen MR) is 104 cm³/mol. The quantitative estimate of drug-likeness (QED) is 0.505. The summed E-state index contributed by atoms with van der Waals surface area (Å²) in [6, 6.07) is 22.6. The van der Waals surface area contributed by atoms with Gasteiger partial charge in [0.05, 0.1) is 0 Å². The van der Waals surface area contributed by atoms with Crippen LogP contribution in [0.2, 0.25) is 0 Å². The van der Waals surface area contributed by atoms with E-state index >= 15 is 0 Å². The molecule has 0 saturated carbocycles. The van der Waals surface area contributed by atoms with Crippen molar-refractivity contribution >= 4 is 23.2 Å². The van der Waals surface area contributed by atoms with E-state index < -0.39 is 0 Å². The average Bonchev–Trinajstić information content (AvgIpc) is 3.24. The van der Waals surface area contributed by atoms with Crippen LogP contribution >= 0.6 is 0 Å². The number of nitrogens with one attached hydrogen (secondary N) is 3. The van der Waals surface area contributed by atoms with Crippen molar-refractivity contribution in [3.63, 3.8) is 0 Å². The summed E-state index contributed by atoms with van der Waals surface area (Å²) in [6.07, 6.45) is 1.52. The van der Waals surface area contributed by atoms with Crippen LogP contribution in [-0.4, -0.2) is 26.1 Å². The third-order valence-corrected chi connectivity index (χ3v) is 3.79. The molecule has 132 valence electrons. The van der Waals surface area contributed by atoms with Crippen LogP contribution < -0.4 is 10.6 Å². The fourth-order valence-corrected chi connectivity index (χ4v) is 2.53. The Bertz CT molecular complexity index is 1030. The van der Waals surface area contributed by atoms with E-state index in [9.17, 15) is 4.79 Å². The number of hydrogen-bond acceptors (Lipinski definition) is 5. The fraction of sp³-hybridized carbons (Fsp3) is 0. The standard InChI is InChI=1S/C20H16N6O/c27-20(16-11-12-21-26-16)25-18-13-17(22-15-9-5-2-6-10-15)23-19(24-18)14-7-3-1-4-8-14/h1-13H,(H,21,26)(H2,22,23,24,25,27). The first-order valence-electron chi connectivity index (χ1n) is 8.35. The van der Waals surface area contributed by atoms with Crippen molar-refractivity contribution in [1.29, 1.82) is 0 Å². The van der Waals surface area contributed by atoms with Crippen LogP contribution in [0.15, 0.2) is 79.0 Å². The van der Waals surface area contributed by atoms with Crippen LogP contribution in [0.5, 0.6) is 0 Å². The molecular formula is C20H16N6O. The van der Waals surface area contributed by atoms with Gasteiger partial charge in [0.2, 0.25) is 0 Å². The van der Waals surface area contributed by atoms with Crippen LogP contribution in [0.3, 0.4) is 0 Å². The van der Waals surface area contributed by atoms with Gasteiger partial charge in [-0.05, 0) is 18.2 Å². The minimum atomic E-state index is -0.323. The highest BCUT2D eigenvalue weighted by atomic mass is 16.2. The highest BCUT2D eigenvalue weighted by Gasteiger charge is 2.12. The number of hydrogen-bond donors (Lipinski definition) is 3. The Morgan fingerprint density at radius 3 is 2.26 bits per heavy atom. The maximum absolute atomic E-state index is 12.3. The van der Waals surface area contributed by atoms with Crippen molar-refractivity contribution < 1.29 is 4.79 Å². The molecule has 7 heteroatoms. The minimum Gasteiger partial charge on any atom is -0.340 e. The zero-order valence-electron chi connectivity index (χ0n) is 14.3. The molecule has 7 nitrogen and oxygen atoms in total. The molecule has 0 aliphatic heterocycles. The molecule has 3 N–H and O–H groups in total. The van der Waals surface area contributed by atoms with Gasteiger partial charge in [-0.3, -0.25) is 9.89 Å². The van der Waals surface area contributed by atoms with Gasteiger partial charge in [0.15, 0.2) is 5.82 Å². The van der Waals surface area contributed by atoms with Crippen molar-refractivity contribution in [3.05, 3.63) is 84.7 Å². The predicted octanol–water partition coefficient (Wildman–Crippen LogP) is 3.86. The Morgan fingerprint density at radius 2 is 1.56 bits per heavy atom. The van der Waals surface area contributed by atoms with Crippen LogP contribution in [-0.2, 0) is 0 Å². The van der Waals surface area contributed by atoms with Crippen molar-refractivity contribution in [2.75, 3.05) is 10.6 Å². The maximum atomic E-state index is 12.3. The van der Waals surface area contributed by atoms with E-state index in [0.29, 0.717) is 23.2 Å². The first-order chi connectivity index (χ1) is 13.3. The van der Waals surface area contributed by atoms with E-state index in [4.69, 9.17) is 0 Å². The summed E-state index contributed by atoms with van der Waals surface area (Å²) in [5, 5.41) is 12.4. The number of rotatable bonds is 5. The van der Waals surface area contributed by atoms with E-state index in [0.717, 1.165) is 11.3 Å². The van der Waals surface area contributed by atoms with Gasteiger partial charge in [-0.15, -0.1) is 0 Å². The molecule has 0 aliphatic carbocycles. The van der Waals surface area contributed by atoms with Gasteiger partial charge in [0.1, 0.15) is 17.3 Å². The normalized spacial score (nSPS) is 10.4. The smallest absolute Gasteiger partial charge is 0.274 e. The van der Waals surface area contributed by atoms with E-state index in [2.05, 4.69) is 30.8 Å². The number of H-pyrrole nitrogens is 1. The van der Waals surface area contributed by atoms with Crippen LogP contribution in [0, 0.1) is 0 Å². The molecule has 2 aromatic heterocycles. The molecule has 1 amide bonds. The third kappa shape index (κ3) is 3.98. The lowest BCUT2D eigenvalue weighted by molar-refractivity contribution is 0.102. The molecule has 0 radical (unpaired) electrons. The largest absolute Gasteiger partial charge is 0.340 e. The Kier molecular flexibility index (Phi) is 4.57. The summed E-state index contributed by atoms with van der Waals surface area (Å²) in [7, 11) is 0. The molecule has 0 saturated heterocycles. The summed E-state index contributed by atoms with van der Waals surface area (Å²) in [5.74, 6) is 1.16. The lowest BCUT2D eigenvalue weighted by Crippen LogP contribution is -2.14. The number of aromatic nitrogens is 4. The lowest BCUT2D eigenvalue weighted by Gasteiger charge is -2.11. The molecule has 0 atom stereocenters. The summed E-state index contributed by atoms with van der Waals surface area (Å²) in [6.45, 7) is 0. The number of amides is 1. The lowest BCUT2D eigenvalue weighted by atomic mass is 10.2. The molecule has 0 fully saturated rings. The maximum Gasteiger partial charge on any atom is 0.274 e. The van der Waals surface area contributed by atoms with E-state index in [1.54, 1.807) is 12.1 Å². The molecule has 4 rings (SSSR count). The summed E-state index contributed by atoms with van der Waals surface area (Å²) < 4.78 is 0. The average molecular weight is 356 g/mol. The Morgan fingerprint density at radius 1 is 0.852 bits per heavy atom. The Hall–Kier alpha value is -4.00. The zero-order valence-corrected chi connectivity index (χ0v) is 14.3. The molecule has 2 heterocycles. The Balaban J connectivity index is 1.69. The highest BCUT2D eigenvalue weighted by molar-refractivity contribution is 6.02. The van der Waals surface area contributed by atoms with E-state index in [1.165, 1.54) is 6.20 Å². The monoisotopic (exact) mass is 356 g/mol. The number of aromatic amines is 1. The van der Waals surface area contributed by atoms with Gasteiger partial charge in [-0.2, -0.15) is 5.10 Å². The summed E-state index contributed by atoms with van der Waals surface area (Å²) in [5.41, 5.74) is 2.10. The van der Waals surface area contributed by atoms with Crippen molar-refractivity contribution in [2.45, 2.75) is 0 Å². The number of benzene rings is 2. The summed E-state index contributed by atoms with van der Waals surface area (Å²) in [4.78, 5) is 21.4. The van der Waals surface area contributed by atoms with Crippen molar-refractivity contribution in [2.24, 2.45) is 0 Å². The number of anilines is 3. The number of carbonyl (C=O) groups excluding carboxylic acids is 1. The second-order valence-corrected chi connectivity index (χ2v) is 5.74. The van der Waals surface area contributed by atoms with E-state index in [1.807, 2.05) is 60.7 Å². The van der Waals surface area contributed by atoms with Gasteiger partial charge < -0.3 is 10.6 Å². The molecule has 2 aromatic carbocycles. The van der Waals surface area contributed by atoms with Crippen LogP contribution in [0.4, 0.5) is 17.3 Å². The highest BCUT2D eigenvalue weighted by Crippen LogP contribution is 2.22.